The first kappa shape index (κ1) is 19.5. The first-order valence-electron chi connectivity index (χ1n) is 9.74. The van der Waals surface area contributed by atoms with Gasteiger partial charge in [0.2, 0.25) is 11.7 Å². The molecule has 0 N–H and O–H groups in total. The zero-order valence-electron chi connectivity index (χ0n) is 15.9. The minimum absolute atomic E-state index is 0.0577. The van der Waals surface area contributed by atoms with E-state index in [-0.39, 0.29) is 29.2 Å². The number of rotatable bonds is 5. The number of likely N-dealkylation sites (tertiary alicyclic amines) is 1. The molecule has 8 heteroatoms. The lowest BCUT2D eigenvalue weighted by atomic mass is 9.86. The third kappa shape index (κ3) is 4.55. The highest BCUT2D eigenvalue weighted by atomic mass is 16.6. The van der Waals surface area contributed by atoms with Gasteiger partial charge in [0.1, 0.15) is 6.61 Å². The quantitative estimate of drug-likeness (QED) is 0.580. The molecule has 0 spiro atoms. The predicted molar refractivity (Wildman–Crippen MR) is 102 cm³/mol. The van der Waals surface area contributed by atoms with E-state index < -0.39 is 0 Å². The molecule has 3 rings (SSSR count). The molecule has 0 aromatic carbocycles. The number of methoxy groups -OCH3 is 1. The van der Waals surface area contributed by atoms with E-state index in [1.54, 1.807) is 19.4 Å². The van der Waals surface area contributed by atoms with Crippen molar-refractivity contribution in [2.24, 2.45) is 5.92 Å². The van der Waals surface area contributed by atoms with Crippen molar-refractivity contribution in [1.29, 1.82) is 0 Å². The summed E-state index contributed by atoms with van der Waals surface area (Å²) in [6, 6.07) is 3.35. The number of anilines is 1. The van der Waals surface area contributed by atoms with Gasteiger partial charge in [0.25, 0.3) is 0 Å². The number of ether oxygens (including phenoxy) is 1. The van der Waals surface area contributed by atoms with Crippen LogP contribution >= 0.6 is 0 Å². The SMILES string of the molecule is COCC(=O)N1CCCCC[C@@H]1C1CCN(c2ncccc2[N+](=O)[O-])CC1. The van der Waals surface area contributed by atoms with Gasteiger partial charge in [-0.1, -0.05) is 12.8 Å². The lowest BCUT2D eigenvalue weighted by Gasteiger charge is -2.40. The van der Waals surface area contributed by atoms with Gasteiger partial charge in [-0.25, -0.2) is 4.98 Å². The molecule has 2 saturated heterocycles. The van der Waals surface area contributed by atoms with Gasteiger partial charge in [-0.05, 0) is 37.7 Å². The summed E-state index contributed by atoms with van der Waals surface area (Å²) in [6.45, 7) is 2.39. The Kier molecular flexibility index (Phi) is 6.60. The van der Waals surface area contributed by atoms with Gasteiger partial charge in [0.05, 0.1) is 4.92 Å². The molecule has 27 heavy (non-hydrogen) atoms. The first-order chi connectivity index (χ1) is 13.1. The number of hydrogen-bond donors (Lipinski definition) is 0. The van der Waals surface area contributed by atoms with Gasteiger partial charge in [-0.2, -0.15) is 0 Å². The van der Waals surface area contributed by atoms with Crippen LogP contribution in [-0.2, 0) is 9.53 Å². The molecule has 0 unspecified atom stereocenters. The number of piperidine rings is 1. The summed E-state index contributed by atoms with van der Waals surface area (Å²) in [4.78, 5) is 31.7. The zero-order chi connectivity index (χ0) is 19.2. The summed E-state index contributed by atoms with van der Waals surface area (Å²) in [5.41, 5.74) is 0.0577. The van der Waals surface area contributed by atoms with E-state index in [1.165, 1.54) is 6.07 Å². The van der Waals surface area contributed by atoms with E-state index >= 15 is 0 Å². The van der Waals surface area contributed by atoms with E-state index in [9.17, 15) is 14.9 Å². The van der Waals surface area contributed by atoms with Gasteiger partial charge >= 0.3 is 5.69 Å². The maximum absolute atomic E-state index is 12.5. The lowest BCUT2D eigenvalue weighted by molar-refractivity contribution is -0.384. The second-order valence-electron chi connectivity index (χ2n) is 7.36. The molecule has 2 aliphatic heterocycles. The predicted octanol–water partition coefficient (Wildman–Crippen LogP) is 2.62. The Morgan fingerprint density at radius 2 is 2.04 bits per heavy atom. The Labute approximate surface area is 159 Å². The van der Waals surface area contributed by atoms with E-state index in [0.717, 1.165) is 58.2 Å². The van der Waals surface area contributed by atoms with Crippen molar-refractivity contribution in [3.8, 4) is 0 Å². The molecule has 0 saturated carbocycles. The maximum Gasteiger partial charge on any atom is 0.311 e. The van der Waals surface area contributed by atoms with Gasteiger partial charge in [0.15, 0.2) is 0 Å². The first-order valence-corrected chi connectivity index (χ1v) is 9.74. The number of pyridine rings is 1. The van der Waals surface area contributed by atoms with Crippen LogP contribution in [0.25, 0.3) is 0 Å². The summed E-state index contributed by atoms with van der Waals surface area (Å²) < 4.78 is 5.07. The van der Waals surface area contributed by atoms with Crippen molar-refractivity contribution in [2.75, 3.05) is 38.3 Å². The van der Waals surface area contributed by atoms with Crippen LogP contribution in [-0.4, -0.2) is 60.1 Å². The maximum atomic E-state index is 12.5. The number of aromatic nitrogens is 1. The fourth-order valence-electron chi connectivity index (χ4n) is 4.41. The Morgan fingerprint density at radius 1 is 1.26 bits per heavy atom. The van der Waals surface area contributed by atoms with Gasteiger partial charge in [-0.3, -0.25) is 14.9 Å². The van der Waals surface area contributed by atoms with Crippen molar-refractivity contribution in [2.45, 2.75) is 44.6 Å². The molecule has 0 bridgehead atoms. The molecule has 1 aromatic rings. The smallest absolute Gasteiger partial charge is 0.311 e. The van der Waals surface area contributed by atoms with Crippen LogP contribution in [0.2, 0.25) is 0 Å². The minimum atomic E-state index is -0.370. The number of carbonyl (C=O) groups is 1. The Morgan fingerprint density at radius 3 is 2.74 bits per heavy atom. The van der Waals surface area contributed by atoms with Gasteiger partial charge in [-0.15, -0.1) is 0 Å². The van der Waals surface area contributed by atoms with Crippen molar-refractivity contribution in [3.63, 3.8) is 0 Å². The second-order valence-corrected chi connectivity index (χ2v) is 7.36. The van der Waals surface area contributed by atoms with Crippen LogP contribution in [0.5, 0.6) is 0 Å². The molecule has 1 amide bonds. The standard InChI is InChI=1S/C19H28N4O4/c1-27-14-18(24)22-11-4-2-3-6-16(22)15-8-12-21(13-9-15)19-17(23(25)26)7-5-10-20-19/h5,7,10,15-16H,2-4,6,8-9,11-14H2,1H3/t16-/m1/s1. The highest BCUT2D eigenvalue weighted by Gasteiger charge is 2.35. The van der Waals surface area contributed by atoms with E-state index in [0.29, 0.717) is 11.7 Å². The average Bonchev–Trinajstić information content (AvgIpc) is 2.94. The summed E-state index contributed by atoms with van der Waals surface area (Å²) >= 11 is 0. The molecular weight excluding hydrogens is 348 g/mol. The minimum Gasteiger partial charge on any atom is -0.375 e. The van der Waals surface area contributed by atoms with Crippen LogP contribution in [0.1, 0.15) is 38.5 Å². The second kappa shape index (κ2) is 9.12. The fourth-order valence-corrected chi connectivity index (χ4v) is 4.41. The van der Waals surface area contributed by atoms with Crippen molar-refractivity contribution in [1.82, 2.24) is 9.88 Å². The molecule has 2 aliphatic rings. The van der Waals surface area contributed by atoms with Crippen molar-refractivity contribution >= 4 is 17.4 Å². The largest absolute Gasteiger partial charge is 0.375 e. The average molecular weight is 376 g/mol. The number of carbonyl (C=O) groups excluding carboxylic acids is 1. The van der Waals surface area contributed by atoms with Crippen molar-refractivity contribution in [3.05, 3.63) is 28.4 Å². The summed E-state index contributed by atoms with van der Waals surface area (Å²) in [7, 11) is 1.56. The third-order valence-electron chi connectivity index (χ3n) is 5.73. The Bertz CT molecular complexity index is 661. The molecule has 2 fully saturated rings. The van der Waals surface area contributed by atoms with Crippen LogP contribution in [0.4, 0.5) is 11.5 Å². The number of nitro groups is 1. The molecule has 0 radical (unpaired) electrons. The van der Waals surface area contributed by atoms with Crippen LogP contribution in [0.3, 0.4) is 0 Å². The summed E-state index contributed by atoms with van der Waals surface area (Å²) in [6.07, 6.45) is 7.81. The van der Waals surface area contributed by atoms with E-state index in [4.69, 9.17) is 4.74 Å². The third-order valence-corrected chi connectivity index (χ3v) is 5.73. The number of nitrogens with zero attached hydrogens (tertiary/aromatic N) is 4. The summed E-state index contributed by atoms with van der Waals surface area (Å²) in [5, 5.41) is 11.3. The normalized spacial score (nSPS) is 21.7. The van der Waals surface area contributed by atoms with E-state index in [1.807, 2.05) is 9.80 Å². The lowest BCUT2D eigenvalue weighted by Crippen LogP contribution is -2.49. The monoisotopic (exact) mass is 376 g/mol. The topological polar surface area (TPSA) is 88.8 Å². The molecule has 1 atom stereocenters. The number of hydrogen-bond acceptors (Lipinski definition) is 6. The highest BCUT2D eigenvalue weighted by Crippen LogP contribution is 2.33. The van der Waals surface area contributed by atoms with Crippen molar-refractivity contribution < 1.29 is 14.5 Å². The van der Waals surface area contributed by atoms with Gasteiger partial charge in [0, 0.05) is 45.0 Å². The zero-order valence-corrected chi connectivity index (χ0v) is 15.9. The highest BCUT2D eigenvalue weighted by molar-refractivity contribution is 5.77. The molecule has 8 nitrogen and oxygen atoms in total. The van der Waals surface area contributed by atoms with Crippen LogP contribution < -0.4 is 4.90 Å². The van der Waals surface area contributed by atoms with E-state index in [2.05, 4.69) is 4.98 Å². The fraction of sp³-hybridized carbons (Fsp3) is 0.684. The summed E-state index contributed by atoms with van der Waals surface area (Å²) in [5.74, 6) is 0.948. The molecule has 1 aromatic heterocycles. The Balaban J connectivity index is 1.68. The van der Waals surface area contributed by atoms with Crippen LogP contribution in [0, 0.1) is 16.0 Å². The molecular formula is C19H28N4O4. The molecule has 148 valence electrons. The van der Waals surface area contributed by atoms with Gasteiger partial charge < -0.3 is 14.5 Å². The Hall–Kier alpha value is -2.22. The number of amides is 1. The molecule has 3 heterocycles. The van der Waals surface area contributed by atoms with Crippen LogP contribution in [0.15, 0.2) is 18.3 Å². The molecule has 0 aliphatic carbocycles.